The van der Waals surface area contributed by atoms with Gasteiger partial charge >= 0.3 is 6.03 Å². The second-order valence-electron chi connectivity index (χ2n) is 6.53. The summed E-state index contributed by atoms with van der Waals surface area (Å²) in [5.41, 5.74) is 14.1. The molecule has 6 nitrogen and oxygen atoms in total. The van der Waals surface area contributed by atoms with Gasteiger partial charge in [0, 0.05) is 19.6 Å². The highest BCUT2D eigenvalue weighted by Gasteiger charge is 2.22. The number of hydrogen-bond acceptors (Lipinski definition) is 3. The minimum Gasteiger partial charge on any atom is -0.352 e. The fourth-order valence-electron chi connectivity index (χ4n) is 3.12. The molecule has 2 aromatic rings. The van der Waals surface area contributed by atoms with Crippen LogP contribution in [-0.4, -0.2) is 36.5 Å². The van der Waals surface area contributed by atoms with Crippen LogP contribution in [0.2, 0.25) is 0 Å². The lowest BCUT2D eigenvalue weighted by atomic mass is 9.98. The zero-order chi connectivity index (χ0) is 19.6. The highest BCUT2D eigenvalue weighted by Crippen LogP contribution is 2.21. The second-order valence-corrected chi connectivity index (χ2v) is 6.53. The number of amides is 3. The molecule has 0 fully saturated rings. The van der Waals surface area contributed by atoms with Crippen molar-refractivity contribution < 1.29 is 9.59 Å². The molecule has 3 amide bonds. The number of nitrogens with zero attached hydrogens (tertiary/aromatic N) is 1. The van der Waals surface area contributed by atoms with Crippen molar-refractivity contribution in [2.75, 3.05) is 19.6 Å². The van der Waals surface area contributed by atoms with E-state index in [9.17, 15) is 9.59 Å². The molecule has 0 saturated heterocycles. The molecule has 0 aliphatic heterocycles. The zero-order valence-electron chi connectivity index (χ0n) is 15.7. The van der Waals surface area contributed by atoms with E-state index in [2.05, 4.69) is 5.32 Å². The third-order valence-corrected chi connectivity index (χ3v) is 4.52. The summed E-state index contributed by atoms with van der Waals surface area (Å²) in [5, 5.41) is 2.70. The maximum atomic E-state index is 12.9. The van der Waals surface area contributed by atoms with Gasteiger partial charge in [0.05, 0.1) is 12.5 Å². The zero-order valence-corrected chi connectivity index (χ0v) is 15.7. The summed E-state index contributed by atoms with van der Waals surface area (Å²) >= 11 is 0. The first-order valence-electron chi connectivity index (χ1n) is 9.14. The van der Waals surface area contributed by atoms with Crippen molar-refractivity contribution >= 4 is 11.9 Å². The fourth-order valence-corrected chi connectivity index (χ4v) is 3.12. The van der Waals surface area contributed by atoms with E-state index < -0.39 is 12.1 Å². The number of nitrogens with two attached hydrogens (primary N) is 2. The standard InChI is InChI=1S/C21H28N4O2/c1-16-7-5-6-10-18(16)19(24-21(23)27)15-20(26)25(14-12-22)13-11-17-8-3-2-4-9-17/h2-10,19H,11-15,22H2,1H3,(H3,23,24,27). The molecule has 5 N–H and O–H groups in total. The molecule has 6 heteroatoms. The third kappa shape index (κ3) is 6.42. The van der Waals surface area contributed by atoms with Crippen molar-refractivity contribution in [1.29, 1.82) is 0 Å². The lowest BCUT2D eigenvalue weighted by molar-refractivity contribution is -0.131. The Morgan fingerprint density at radius 3 is 2.33 bits per heavy atom. The number of hydrogen-bond donors (Lipinski definition) is 3. The van der Waals surface area contributed by atoms with Gasteiger partial charge in [0.1, 0.15) is 0 Å². The smallest absolute Gasteiger partial charge is 0.312 e. The van der Waals surface area contributed by atoms with E-state index in [1.54, 1.807) is 4.90 Å². The molecule has 1 unspecified atom stereocenters. The van der Waals surface area contributed by atoms with E-state index in [-0.39, 0.29) is 12.3 Å². The largest absolute Gasteiger partial charge is 0.352 e. The average Bonchev–Trinajstić information content (AvgIpc) is 2.65. The van der Waals surface area contributed by atoms with Gasteiger partial charge in [-0.3, -0.25) is 4.79 Å². The van der Waals surface area contributed by atoms with Crippen molar-refractivity contribution in [2.45, 2.75) is 25.8 Å². The molecule has 0 aliphatic rings. The molecule has 0 bridgehead atoms. The average molecular weight is 368 g/mol. The van der Waals surface area contributed by atoms with Crippen LogP contribution in [-0.2, 0) is 11.2 Å². The SMILES string of the molecule is Cc1ccccc1C(CC(=O)N(CCN)CCc1ccccc1)NC(N)=O. The van der Waals surface area contributed by atoms with E-state index in [4.69, 9.17) is 11.5 Å². The quantitative estimate of drug-likeness (QED) is 0.632. The molecule has 2 rings (SSSR count). The normalized spacial score (nSPS) is 11.6. The number of nitrogens with one attached hydrogen (secondary N) is 1. The van der Waals surface area contributed by atoms with Gasteiger partial charge in [0.15, 0.2) is 0 Å². The van der Waals surface area contributed by atoms with E-state index >= 15 is 0 Å². The van der Waals surface area contributed by atoms with E-state index in [1.165, 1.54) is 0 Å². The number of aryl methyl sites for hydroxylation is 1. The van der Waals surface area contributed by atoms with Gasteiger partial charge in [0.2, 0.25) is 5.91 Å². The number of carbonyl (C=O) groups is 2. The number of carbonyl (C=O) groups excluding carboxylic acids is 2. The Balaban J connectivity index is 2.09. The minimum atomic E-state index is -0.647. The van der Waals surface area contributed by atoms with Crippen LogP contribution in [0, 0.1) is 6.92 Å². The highest BCUT2D eigenvalue weighted by atomic mass is 16.2. The molecule has 0 heterocycles. The molecule has 144 valence electrons. The molecule has 27 heavy (non-hydrogen) atoms. The Bertz CT molecular complexity index is 749. The summed E-state index contributed by atoms with van der Waals surface area (Å²) in [5.74, 6) is -0.0571. The number of rotatable bonds is 9. The molecule has 0 saturated carbocycles. The topological polar surface area (TPSA) is 101 Å². The second kappa shape index (κ2) is 10.3. The Morgan fingerprint density at radius 1 is 1.04 bits per heavy atom. The monoisotopic (exact) mass is 368 g/mol. The summed E-state index contributed by atoms with van der Waals surface area (Å²) < 4.78 is 0. The molecule has 0 aliphatic carbocycles. The van der Waals surface area contributed by atoms with Gasteiger partial charge in [-0.15, -0.1) is 0 Å². The van der Waals surface area contributed by atoms with Crippen molar-refractivity contribution in [3.63, 3.8) is 0 Å². The van der Waals surface area contributed by atoms with Crippen LogP contribution in [0.4, 0.5) is 4.79 Å². The molecular weight excluding hydrogens is 340 g/mol. The van der Waals surface area contributed by atoms with Crippen molar-refractivity contribution in [3.05, 3.63) is 71.3 Å². The van der Waals surface area contributed by atoms with Gasteiger partial charge in [-0.25, -0.2) is 4.79 Å². The van der Waals surface area contributed by atoms with Gasteiger partial charge in [-0.05, 0) is 30.0 Å². The van der Waals surface area contributed by atoms with Crippen LogP contribution in [0.1, 0.15) is 29.2 Å². The van der Waals surface area contributed by atoms with Gasteiger partial charge in [-0.1, -0.05) is 54.6 Å². The molecule has 0 aromatic heterocycles. The maximum absolute atomic E-state index is 12.9. The lowest BCUT2D eigenvalue weighted by Crippen LogP contribution is -2.41. The first-order valence-corrected chi connectivity index (χ1v) is 9.14. The van der Waals surface area contributed by atoms with Crippen LogP contribution in [0.25, 0.3) is 0 Å². The molecule has 2 aromatic carbocycles. The predicted molar refractivity (Wildman–Crippen MR) is 107 cm³/mol. The molecule has 1 atom stereocenters. The Hall–Kier alpha value is -2.86. The number of benzene rings is 2. The van der Waals surface area contributed by atoms with E-state index in [0.29, 0.717) is 19.6 Å². The fraction of sp³-hybridized carbons (Fsp3) is 0.333. The highest BCUT2D eigenvalue weighted by molar-refractivity contribution is 5.79. The first-order chi connectivity index (χ1) is 13.0. The summed E-state index contributed by atoms with van der Waals surface area (Å²) in [4.78, 5) is 26.1. The van der Waals surface area contributed by atoms with Gasteiger partial charge < -0.3 is 21.7 Å². The minimum absolute atomic E-state index is 0.0571. The van der Waals surface area contributed by atoms with Crippen LogP contribution in [0.3, 0.4) is 0 Å². The number of urea groups is 1. The van der Waals surface area contributed by atoms with Crippen LogP contribution >= 0.6 is 0 Å². The van der Waals surface area contributed by atoms with Crippen LogP contribution in [0.15, 0.2) is 54.6 Å². The maximum Gasteiger partial charge on any atom is 0.312 e. The Kier molecular flexibility index (Phi) is 7.82. The molecule has 0 radical (unpaired) electrons. The first kappa shape index (κ1) is 20.5. The van der Waals surface area contributed by atoms with Crippen molar-refractivity contribution in [1.82, 2.24) is 10.2 Å². The Labute approximate surface area is 160 Å². The summed E-state index contributed by atoms with van der Waals surface area (Å²) in [6, 6.07) is 16.5. The van der Waals surface area contributed by atoms with Crippen molar-refractivity contribution in [3.8, 4) is 0 Å². The third-order valence-electron chi connectivity index (χ3n) is 4.52. The number of primary amides is 1. The lowest BCUT2D eigenvalue weighted by Gasteiger charge is -2.26. The van der Waals surface area contributed by atoms with Crippen LogP contribution < -0.4 is 16.8 Å². The van der Waals surface area contributed by atoms with Gasteiger partial charge in [-0.2, -0.15) is 0 Å². The summed E-state index contributed by atoms with van der Waals surface area (Å²) in [6.45, 7) is 3.39. The predicted octanol–water partition coefficient (Wildman–Crippen LogP) is 2.12. The summed E-state index contributed by atoms with van der Waals surface area (Å²) in [7, 11) is 0. The van der Waals surface area contributed by atoms with E-state index in [0.717, 1.165) is 23.1 Å². The van der Waals surface area contributed by atoms with E-state index in [1.807, 2.05) is 61.5 Å². The van der Waals surface area contributed by atoms with Crippen LogP contribution in [0.5, 0.6) is 0 Å². The molecular formula is C21H28N4O2. The summed E-state index contributed by atoms with van der Waals surface area (Å²) in [6.07, 6.45) is 0.896. The Morgan fingerprint density at radius 2 is 1.70 bits per heavy atom. The van der Waals surface area contributed by atoms with Crippen molar-refractivity contribution in [2.24, 2.45) is 11.5 Å². The molecule has 0 spiro atoms. The van der Waals surface area contributed by atoms with Gasteiger partial charge in [0.25, 0.3) is 0 Å².